The molecule has 0 saturated heterocycles. The number of carbonyl (C=O) groups is 2. The lowest BCUT2D eigenvalue weighted by atomic mass is 9.96. The van der Waals surface area contributed by atoms with Gasteiger partial charge in [-0.15, -0.1) is 0 Å². The molecule has 3 rings (SSSR count). The summed E-state index contributed by atoms with van der Waals surface area (Å²) in [4.78, 5) is 24.3. The predicted molar refractivity (Wildman–Crippen MR) is 97.5 cm³/mol. The lowest BCUT2D eigenvalue weighted by molar-refractivity contribution is -0.137. The lowest BCUT2D eigenvalue weighted by Crippen LogP contribution is -2.42. The van der Waals surface area contributed by atoms with Crippen LogP contribution in [0.5, 0.6) is 11.5 Å². The van der Waals surface area contributed by atoms with E-state index in [1.807, 2.05) is 0 Å². The van der Waals surface area contributed by atoms with E-state index >= 15 is 0 Å². The fraction of sp³-hybridized carbons (Fsp3) is 0.300. The summed E-state index contributed by atoms with van der Waals surface area (Å²) in [6.45, 7) is 2.53. The standard InChI is InChI=1S/C20H19F3N2O4/c1-12(13-2-5-15(6-3-13)20(21,22)23)10-18(26)24-25-19(27)14-4-7-16-17(11-14)29-9-8-28-16/h2-7,11-12H,8-10H2,1H3,(H,24,26)(H,25,27). The van der Waals surface area contributed by atoms with Crippen molar-refractivity contribution in [1.29, 1.82) is 0 Å². The Morgan fingerprint density at radius 2 is 1.66 bits per heavy atom. The van der Waals surface area contributed by atoms with E-state index in [0.29, 0.717) is 30.3 Å². The third-order valence-corrected chi connectivity index (χ3v) is 4.42. The monoisotopic (exact) mass is 408 g/mol. The van der Waals surface area contributed by atoms with Gasteiger partial charge in [0.15, 0.2) is 11.5 Å². The number of halogens is 3. The molecule has 0 radical (unpaired) electrons. The molecule has 1 atom stereocenters. The molecule has 1 aliphatic heterocycles. The molecule has 2 aromatic carbocycles. The van der Waals surface area contributed by atoms with Gasteiger partial charge >= 0.3 is 6.18 Å². The molecular formula is C20H19F3N2O4. The van der Waals surface area contributed by atoms with Crippen LogP contribution >= 0.6 is 0 Å². The highest BCUT2D eigenvalue weighted by atomic mass is 19.4. The van der Waals surface area contributed by atoms with Crippen molar-refractivity contribution in [2.45, 2.75) is 25.4 Å². The Hall–Kier alpha value is -3.23. The van der Waals surface area contributed by atoms with Crippen LogP contribution in [-0.2, 0) is 11.0 Å². The molecule has 0 bridgehead atoms. The molecule has 1 aliphatic rings. The summed E-state index contributed by atoms with van der Waals surface area (Å²) in [5.41, 5.74) is 4.74. The van der Waals surface area contributed by atoms with E-state index in [-0.39, 0.29) is 17.9 Å². The SMILES string of the molecule is CC(CC(=O)NNC(=O)c1ccc2c(c1)OCCO2)c1ccc(C(F)(F)F)cc1. The quantitative estimate of drug-likeness (QED) is 0.760. The Morgan fingerprint density at radius 1 is 1.00 bits per heavy atom. The van der Waals surface area contributed by atoms with Crippen molar-refractivity contribution in [3.63, 3.8) is 0 Å². The minimum Gasteiger partial charge on any atom is -0.486 e. The molecule has 9 heteroatoms. The number of ether oxygens (including phenoxy) is 2. The number of benzene rings is 2. The van der Waals surface area contributed by atoms with Gasteiger partial charge in [-0.2, -0.15) is 13.2 Å². The van der Waals surface area contributed by atoms with Crippen LogP contribution in [0.4, 0.5) is 13.2 Å². The van der Waals surface area contributed by atoms with E-state index in [1.54, 1.807) is 19.1 Å². The first-order valence-corrected chi connectivity index (χ1v) is 8.90. The summed E-state index contributed by atoms with van der Waals surface area (Å²) in [5.74, 6) is -0.336. The van der Waals surface area contributed by atoms with Gasteiger partial charge in [-0.05, 0) is 41.8 Å². The summed E-state index contributed by atoms with van der Waals surface area (Å²) in [6, 6.07) is 9.31. The average Bonchev–Trinajstić information content (AvgIpc) is 2.71. The van der Waals surface area contributed by atoms with Crippen molar-refractivity contribution in [3.8, 4) is 11.5 Å². The van der Waals surface area contributed by atoms with Crippen LogP contribution in [-0.4, -0.2) is 25.0 Å². The topological polar surface area (TPSA) is 76.7 Å². The normalized spacial score (nSPS) is 14.1. The molecule has 0 aliphatic carbocycles. The summed E-state index contributed by atoms with van der Waals surface area (Å²) in [5, 5.41) is 0. The molecule has 6 nitrogen and oxygen atoms in total. The van der Waals surface area contributed by atoms with Gasteiger partial charge in [0, 0.05) is 12.0 Å². The molecule has 2 amide bonds. The summed E-state index contributed by atoms with van der Waals surface area (Å²) < 4.78 is 48.7. The van der Waals surface area contributed by atoms with Crippen LogP contribution in [0, 0.1) is 0 Å². The predicted octanol–water partition coefficient (Wildman–Crippen LogP) is 3.43. The second kappa shape index (κ2) is 8.42. The van der Waals surface area contributed by atoms with Gasteiger partial charge in [0.1, 0.15) is 13.2 Å². The first-order valence-electron chi connectivity index (χ1n) is 8.90. The van der Waals surface area contributed by atoms with Crippen LogP contribution in [0.25, 0.3) is 0 Å². The van der Waals surface area contributed by atoms with Crippen molar-refractivity contribution < 1.29 is 32.2 Å². The smallest absolute Gasteiger partial charge is 0.416 e. The summed E-state index contributed by atoms with van der Waals surface area (Å²) in [7, 11) is 0. The highest BCUT2D eigenvalue weighted by Crippen LogP contribution is 2.31. The third-order valence-electron chi connectivity index (χ3n) is 4.42. The number of hydrazine groups is 1. The minimum absolute atomic E-state index is 0.00716. The van der Waals surface area contributed by atoms with E-state index in [0.717, 1.165) is 12.1 Å². The first-order chi connectivity index (χ1) is 13.7. The fourth-order valence-electron chi connectivity index (χ4n) is 2.83. The van der Waals surface area contributed by atoms with Crippen molar-refractivity contribution in [2.75, 3.05) is 13.2 Å². The molecule has 0 saturated carbocycles. The Labute approximate surface area is 165 Å². The zero-order chi connectivity index (χ0) is 21.0. The van der Waals surface area contributed by atoms with E-state index in [2.05, 4.69) is 10.9 Å². The van der Waals surface area contributed by atoms with Crippen LogP contribution in [0.1, 0.15) is 40.7 Å². The molecule has 2 N–H and O–H groups in total. The molecule has 0 aromatic heterocycles. The Kier molecular flexibility index (Phi) is 5.95. The number of nitrogens with one attached hydrogen (secondary N) is 2. The van der Waals surface area contributed by atoms with Crippen LogP contribution in [0.2, 0.25) is 0 Å². The van der Waals surface area contributed by atoms with Crippen molar-refractivity contribution in [1.82, 2.24) is 10.9 Å². The number of alkyl halides is 3. The number of hydrogen-bond acceptors (Lipinski definition) is 4. The maximum Gasteiger partial charge on any atom is 0.416 e. The number of amides is 2. The molecule has 154 valence electrons. The fourth-order valence-corrected chi connectivity index (χ4v) is 2.83. The number of carbonyl (C=O) groups excluding carboxylic acids is 2. The third kappa shape index (κ3) is 5.18. The van der Waals surface area contributed by atoms with Crippen LogP contribution < -0.4 is 20.3 Å². The van der Waals surface area contributed by atoms with E-state index in [4.69, 9.17) is 9.47 Å². The first kappa shape index (κ1) is 20.5. The van der Waals surface area contributed by atoms with Crippen LogP contribution in [0.15, 0.2) is 42.5 Å². The second-order valence-electron chi connectivity index (χ2n) is 6.59. The molecular weight excluding hydrogens is 389 g/mol. The van der Waals surface area contributed by atoms with Gasteiger partial charge in [-0.3, -0.25) is 20.4 Å². The zero-order valence-corrected chi connectivity index (χ0v) is 15.5. The maximum absolute atomic E-state index is 12.6. The highest BCUT2D eigenvalue weighted by molar-refractivity contribution is 5.96. The summed E-state index contributed by atoms with van der Waals surface area (Å²) >= 11 is 0. The van der Waals surface area contributed by atoms with E-state index in [9.17, 15) is 22.8 Å². The maximum atomic E-state index is 12.6. The van der Waals surface area contributed by atoms with Crippen molar-refractivity contribution in [3.05, 3.63) is 59.2 Å². The number of hydrogen-bond donors (Lipinski definition) is 2. The Balaban J connectivity index is 1.52. The van der Waals surface area contributed by atoms with Crippen molar-refractivity contribution in [2.24, 2.45) is 0 Å². The zero-order valence-electron chi connectivity index (χ0n) is 15.5. The van der Waals surface area contributed by atoms with Gasteiger partial charge in [0.2, 0.25) is 5.91 Å². The Morgan fingerprint density at radius 3 is 2.31 bits per heavy atom. The Bertz CT molecular complexity index is 898. The van der Waals surface area contributed by atoms with Gasteiger partial charge in [0.05, 0.1) is 5.56 Å². The molecule has 0 fully saturated rings. The van der Waals surface area contributed by atoms with Gasteiger partial charge in [-0.25, -0.2) is 0 Å². The molecule has 1 unspecified atom stereocenters. The van der Waals surface area contributed by atoms with Gasteiger partial charge in [-0.1, -0.05) is 19.1 Å². The lowest BCUT2D eigenvalue weighted by Gasteiger charge is -2.18. The minimum atomic E-state index is -4.41. The molecule has 29 heavy (non-hydrogen) atoms. The van der Waals surface area contributed by atoms with E-state index in [1.165, 1.54) is 18.2 Å². The number of fused-ring (bicyclic) bond motifs is 1. The van der Waals surface area contributed by atoms with Gasteiger partial charge < -0.3 is 9.47 Å². The van der Waals surface area contributed by atoms with E-state index < -0.39 is 23.6 Å². The molecule has 2 aromatic rings. The highest BCUT2D eigenvalue weighted by Gasteiger charge is 2.30. The largest absolute Gasteiger partial charge is 0.486 e. The average molecular weight is 408 g/mol. The molecule has 1 heterocycles. The molecule has 0 spiro atoms. The second-order valence-corrected chi connectivity index (χ2v) is 6.59. The van der Waals surface area contributed by atoms with Crippen molar-refractivity contribution >= 4 is 11.8 Å². The summed E-state index contributed by atoms with van der Waals surface area (Å²) in [6.07, 6.45) is -4.41. The number of rotatable bonds is 4. The van der Waals surface area contributed by atoms with Gasteiger partial charge in [0.25, 0.3) is 5.91 Å². The van der Waals surface area contributed by atoms with Crippen LogP contribution in [0.3, 0.4) is 0 Å².